The van der Waals surface area contributed by atoms with Crippen molar-refractivity contribution < 1.29 is 4.79 Å². The van der Waals surface area contributed by atoms with Gasteiger partial charge in [0.2, 0.25) is 0 Å². The van der Waals surface area contributed by atoms with Crippen molar-refractivity contribution in [1.82, 2.24) is 5.43 Å². The summed E-state index contributed by atoms with van der Waals surface area (Å²) in [6, 6.07) is 12.0. The number of anilines is 2. The second kappa shape index (κ2) is 9.13. The summed E-state index contributed by atoms with van der Waals surface area (Å²) in [5, 5.41) is 4.26. The first-order chi connectivity index (χ1) is 14.6. The standard InChI is InChI=1S/C26H36N4O/c1-8-12-30-24-13-18(2)21(15-23(24)19(3)16-26(30,4)5)17-27-28-25(31)20-10-9-11-22(14-20)29(6)7/h9-11,13-15,17,19H,8,12,16H2,1-7H3,(H,28,31)/b27-17-. The molecule has 0 bridgehead atoms. The maximum absolute atomic E-state index is 12.5. The molecule has 0 radical (unpaired) electrons. The number of carbonyl (C=O) groups is 1. The first-order valence-electron chi connectivity index (χ1n) is 11.2. The van der Waals surface area contributed by atoms with Gasteiger partial charge in [0.25, 0.3) is 5.91 Å². The van der Waals surface area contributed by atoms with Crippen molar-refractivity contribution in [3.8, 4) is 0 Å². The van der Waals surface area contributed by atoms with Crippen molar-refractivity contribution in [3.63, 3.8) is 0 Å². The maximum atomic E-state index is 12.5. The van der Waals surface area contributed by atoms with Gasteiger partial charge in [-0.2, -0.15) is 5.10 Å². The van der Waals surface area contributed by atoms with Gasteiger partial charge in [-0.3, -0.25) is 4.79 Å². The number of hydrazone groups is 1. The summed E-state index contributed by atoms with van der Waals surface area (Å²) in [6.07, 6.45) is 4.01. The summed E-state index contributed by atoms with van der Waals surface area (Å²) >= 11 is 0. The molecule has 0 saturated heterocycles. The van der Waals surface area contributed by atoms with E-state index in [1.807, 2.05) is 37.2 Å². The lowest BCUT2D eigenvalue weighted by molar-refractivity contribution is 0.0955. The van der Waals surface area contributed by atoms with Crippen LogP contribution >= 0.6 is 0 Å². The molecule has 1 N–H and O–H groups in total. The van der Waals surface area contributed by atoms with Crippen molar-refractivity contribution >= 4 is 23.5 Å². The van der Waals surface area contributed by atoms with Crippen molar-refractivity contribution in [2.45, 2.75) is 58.9 Å². The van der Waals surface area contributed by atoms with Crippen LogP contribution in [0.25, 0.3) is 0 Å². The number of nitrogens with zero attached hydrogens (tertiary/aromatic N) is 3. The number of hydrogen-bond donors (Lipinski definition) is 1. The van der Waals surface area contributed by atoms with E-state index < -0.39 is 0 Å². The van der Waals surface area contributed by atoms with Gasteiger partial charge in [0.05, 0.1) is 6.21 Å². The van der Waals surface area contributed by atoms with Gasteiger partial charge in [-0.1, -0.05) is 19.9 Å². The molecule has 3 rings (SSSR count). The van der Waals surface area contributed by atoms with Crippen LogP contribution in [0.2, 0.25) is 0 Å². The second-order valence-electron chi connectivity index (χ2n) is 9.48. The Hall–Kier alpha value is -2.82. The zero-order chi connectivity index (χ0) is 22.8. The van der Waals surface area contributed by atoms with Gasteiger partial charge in [-0.25, -0.2) is 5.43 Å². The molecule has 0 aliphatic carbocycles. The minimum absolute atomic E-state index is 0.152. The highest BCUT2D eigenvalue weighted by Gasteiger charge is 2.36. The van der Waals surface area contributed by atoms with Crippen LogP contribution in [0, 0.1) is 6.92 Å². The van der Waals surface area contributed by atoms with E-state index >= 15 is 0 Å². The molecule has 0 spiro atoms. The van der Waals surface area contributed by atoms with E-state index in [4.69, 9.17) is 0 Å². The molecule has 166 valence electrons. The lowest BCUT2D eigenvalue weighted by Gasteiger charge is -2.48. The Morgan fingerprint density at radius 1 is 1.29 bits per heavy atom. The summed E-state index contributed by atoms with van der Waals surface area (Å²) in [6.45, 7) is 12.4. The van der Waals surface area contributed by atoms with Gasteiger partial charge in [0, 0.05) is 43.1 Å². The largest absolute Gasteiger partial charge is 0.378 e. The molecule has 2 aromatic rings. The van der Waals surface area contributed by atoms with Crippen LogP contribution in [0.4, 0.5) is 11.4 Å². The van der Waals surface area contributed by atoms with Crippen LogP contribution in [0.3, 0.4) is 0 Å². The molecule has 31 heavy (non-hydrogen) atoms. The number of fused-ring (bicyclic) bond motifs is 1. The van der Waals surface area contributed by atoms with Gasteiger partial charge < -0.3 is 9.80 Å². The van der Waals surface area contributed by atoms with Gasteiger partial charge >= 0.3 is 0 Å². The topological polar surface area (TPSA) is 47.9 Å². The first kappa shape index (κ1) is 22.9. The number of aryl methyl sites for hydroxylation is 1. The summed E-state index contributed by atoms with van der Waals surface area (Å²) in [5.41, 5.74) is 9.32. The summed E-state index contributed by atoms with van der Waals surface area (Å²) in [7, 11) is 3.91. The number of amides is 1. The smallest absolute Gasteiger partial charge is 0.271 e. The van der Waals surface area contributed by atoms with Crippen LogP contribution in [0.1, 0.15) is 73.5 Å². The molecule has 1 heterocycles. The average Bonchev–Trinajstić information content (AvgIpc) is 2.71. The molecule has 5 heteroatoms. The minimum atomic E-state index is -0.209. The summed E-state index contributed by atoms with van der Waals surface area (Å²) in [4.78, 5) is 17.0. The van der Waals surface area contributed by atoms with E-state index in [2.05, 4.69) is 62.2 Å². The molecule has 2 aromatic carbocycles. The van der Waals surface area contributed by atoms with Crippen molar-refractivity contribution in [2.24, 2.45) is 5.10 Å². The zero-order valence-corrected chi connectivity index (χ0v) is 20.0. The van der Waals surface area contributed by atoms with Crippen molar-refractivity contribution in [3.05, 3.63) is 58.7 Å². The van der Waals surface area contributed by atoms with Crippen molar-refractivity contribution in [1.29, 1.82) is 0 Å². The Labute approximate surface area is 187 Å². The Morgan fingerprint density at radius 2 is 2.03 bits per heavy atom. The van der Waals surface area contributed by atoms with E-state index in [1.165, 1.54) is 11.3 Å². The van der Waals surface area contributed by atoms with Gasteiger partial charge in [0.15, 0.2) is 0 Å². The summed E-state index contributed by atoms with van der Waals surface area (Å²) < 4.78 is 0. The fourth-order valence-corrected chi connectivity index (χ4v) is 4.59. The number of benzene rings is 2. The van der Waals surface area contributed by atoms with Crippen LogP contribution in [-0.2, 0) is 0 Å². The highest BCUT2D eigenvalue weighted by Crippen LogP contribution is 2.44. The number of rotatable bonds is 6. The monoisotopic (exact) mass is 420 g/mol. The second-order valence-corrected chi connectivity index (χ2v) is 9.48. The Bertz CT molecular complexity index is 977. The molecule has 1 unspecified atom stereocenters. The fourth-order valence-electron chi connectivity index (χ4n) is 4.59. The predicted octanol–water partition coefficient (Wildman–Crippen LogP) is 5.33. The summed E-state index contributed by atoms with van der Waals surface area (Å²) in [5.74, 6) is 0.272. The SMILES string of the molecule is CCCN1c2cc(C)c(/C=N\NC(=O)c3cccc(N(C)C)c3)cc2C(C)CC1(C)C. The van der Waals surface area contributed by atoms with Gasteiger partial charge in [-0.05, 0) is 86.6 Å². The zero-order valence-electron chi connectivity index (χ0n) is 20.0. The van der Waals surface area contributed by atoms with Crippen LogP contribution < -0.4 is 15.2 Å². The highest BCUT2D eigenvalue weighted by atomic mass is 16.2. The molecule has 0 fully saturated rings. The number of hydrogen-bond acceptors (Lipinski definition) is 4. The number of nitrogens with one attached hydrogen (secondary N) is 1. The third-order valence-corrected chi connectivity index (χ3v) is 6.22. The Balaban J connectivity index is 1.82. The average molecular weight is 421 g/mol. The van der Waals surface area contributed by atoms with Crippen LogP contribution in [0.5, 0.6) is 0 Å². The van der Waals surface area contributed by atoms with Gasteiger partial charge in [-0.15, -0.1) is 0 Å². The fraction of sp³-hybridized carbons (Fsp3) is 0.462. The molecular weight excluding hydrogens is 384 g/mol. The third-order valence-electron chi connectivity index (χ3n) is 6.22. The lowest BCUT2D eigenvalue weighted by Crippen LogP contribution is -2.48. The Morgan fingerprint density at radius 3 is 2.71 bits per heavy atom. The van der Waals surface area contributed by atoms with E-state index in [0.717, 1.165) is 36.2 Å². The molecule has 1 aliphatic rings. The molecule has 5 nitrogen and oxygen atoms in total. The molecule has 1 amide bonds. The first-order valence-corrected chi connectivity index (χ1v) is 11.2. The lowest BCUT2D eigenvalue weighted by atomic mass is 9.79. The van der Waals surface area contributed by atoms with E-state index in [1.54, 1.807) is 12.3 Å². The van der Waals surface area contributed by atoms with Gasteiger partial charge in [0.1, 0.15) is 0 Å². The molecule has 1 atom stereocenters. The maximum Gasteiger partial charge on any atom is 0.271 e. The quantitative estimate of drug-likeness (QED) is 0.508. The minimum Gasteiger partial charge on any atom is -0.378 e. The number of carbonyl (C=O) groups excluding carboxylic acids is 1. The van der Waals surface area contributed by atoms with E-state index in [9.17, 15) is 4.79 Å². The van der Waals surface area contributed by atoms with Crippen LogP contribution in [0.15, 0.2) is 41.5 Å². The molecule has 0 saturated carbocycles. The van der Waals surface area contributed by atoms with E-state index in [0.29, 0.717) is 11.5 Å². The Kier molecular flexibility index (Phi) is 6.73. The molecular formula is C26H36N4O. The normalized spacial score (nSPS) is 17.5. The molecule has 1 aliphatic heterocycles. The highest BCUT2D eigenvalue weighted by molar-refractivity contribution is 5.96. The van der Waals surface area contributed by atoms with E-state index in [-0.39, 0.29) is 11.4 Å². The third kappa shape index (κ3) is 4.92. The predicted molar refractivity (Wildman–Crippen MR) is 132 cm³/mol. The van der Waals surface area contributed by atoms with Crippen LogP contribution in [-0.4, -0.2) is 38.3 Å². The van der Waals surface area contributed by atoms with Crippen molar-refractivity contribution in [2.75, 3.05) is 30.4 Å². The molecule has 0 aromatic heterocycles.